The summed E-state index contributed by atoms with van der Waals surface area (Å²) >= 11 is 9.50. The Morgan fingerprint density at radius 2 is 2.25 bits per heavy atom. The SMILES string of the molecule is Cn1ccc(OCc2c(Cl)cccc2Br)n1. The molecule has 2 rings (SSSR count). The van der Waals surface area contributed by atoms with Crippen LogP contribution in [0.2, 0.25) is 5.02 Å². The van der Waals surface area contributed by atoms with Crippen LogP contribution in [0.4, 0.5) is 0 Å². The normalized spacial score (nSPS) is 10.4. The first-order chi connectivity index (χ1) is 7.66. The van der Waals surface area contributed by atoms with Crippen LogP contribution >= 0.6 is 27.5 Å². The highest BCUT2D eigenvalue weighted by molar-refractivity contribution is 9.10. The van der Waals surface area contributed by atoms with Crippen LogP contribution in [0.25, 0.3) is 0 Å². The third-order valence-electron chi connectivity index (χ3n) is 2.12. The van der Waals surface area contributed by atoms with Crippen LogP contribution in [0, 0.1) is 0 Å². The van der Waals surface area contributed by atoms with Crippen molar-refractivity contribution < 1.29 is 4.74 Å². The van der Waals surface area contributed by atoms with E-state index in [9.17, 15) is 0 Å². The minimum absolute atomic E-state index is 0.400. The second kappa shape index (κ2) is 4.89. The van der Waals surface area contributed by atoms with E-state index in [1.165, 1.54) is 0 Å². The Balaban J connectivity index is 2.10. The van der Waals surface area contributed by atoms with E-state index < -0.39 is 0 Å². The van der Waals surface area contributed by atoms with Gasteiger partial charge in [-0.05, 0) is 12.1 Å². The molecule has 84 valence electrons. The zero-order valence-electron chi connectivity index (χ0n) is 8.65. The lowest BCUT2D eigenvalue weighted by Crippen LogP contribution is -1.98. The zero-order chi connectivity index (χ0) is 11.5. The Bertz CT molecular complexity index is 478. The molecular weight excluding hydrogens is 291 g/mol. The van der Waals surface area contributed by atoms with Gasteiger partial charge in [-0.3, -0.25) is 4.68 Å². The number of benzene rings is 1. The fourth-order valence-corrected chi connectivity index (χ4v) is 2.11. The van der Waals surface area contributed by atoms with Gasteiger partial charge in [0, 0.05) is 34.4 Å². The van der Waals surface area contributed by atoms with E-state index in [0.29, 0.717) is 17.5 Å². The third-order valence-corrected chi connectivity index (χ3v) is 3.21. The molecule has 1 aromatic carbocycles. The van der Waals surface area contributed by atoms with Crippen LogP contribution in [0.3, 0.4) is 0 Å². The van der Waals surface area contributed by atoms with Gasteiger partial charge in [-0.2, -0.15) is 0 Å². The average Bonchev–Trinajstić information content (AvgIpc) is 2.63. The predicted octanol–water partition coefficient (Wildman–Crippen LogP) is 3.42. The smallest absolute Gasteiger partial charge is 0.233 e. The van der Waals surface area contributed by atoms with Crippen LogP contribution in [0.1, 0.15) is 5.56 Å². The predicted molar refractivity (Wildman–Crippen MR) is 66.7 cm³/mol. The molecular formula is C11H10BrClN2O. The van der Waals surface area contributed by atoms with Crippen LogP contribution in [0.15, 0.2) is 34.9 Å². The monoisotopic (exact) mass is 300 g/mol. The summed E-state index contributed by atoms with van der Waals surface area (Å²) in [5.41, 5.74) is 0.926. The Kier molecular flexibility index (Phi) is 3.51. The van der Waals surface area contributed by atoms with Gasteiger partial charge >= 0.3 is 0 Å². The molecule has 1 heterocycles. The van der Waals surface area contributed by atoms with Gasteiger partial charge in [-0.1, -0.05) is 33.6 Å². The van der Waals surface area contributed by atoms with Gasteiger partial charge in [0.25, 0.3) is 0 Å². The molecule has 0 aliphatic carbocycles. The Morgan fingerprint density at radius 3 is 2.88 bits per heavy atom. The molecule has 0 N–H and O–H groups in total. The topological polar surface area (TPSA) is 27.1 Å². The lowest BCUT2D eigenvalue weighted by atomic mass is 10.2. The molecule has 0 atom stereocenters. The molecule has 0 radical (unpaired) electrons. The van der Waals surface area contributed by atoms with E-state index >= 15 is 0 Å². The fourth-order valence-electron chi connectivity index (χ4n) is 1.29. The molecule has 0 amide bonds. The van der Waals surface area contributed by atoms with Gasteiger partial charge in [-0.15, -0.1) is 5.10 Å². The number of aryl methyl sites for hydroxylation is 1. The summed E-state index contributed by atoms with van der Waals surface area (Å²) in [6.45, 7) is 0.400. The molecule has 0 spiro atoms. The van der Waals surface area contributed by atoms with E-state index in [4.69, 9.17) is 16.3 Å². The summed E-state index contributed by atoms with van der Waals surface area (Å²) in [5.74, 6) is 0.592. The maximum absolute atomic E-state index is 6.07. The van der Waals surface area contributed by atoms with Crippen LogP contribution in [-0.2, 0) is 13.7 Å². The lowest BCUT2D eigenvalue weighted by molar-refractivity contribution is 0.290. The van der Waals surface area contributed by atoms with Gasteiger partial charge < -0.3 is 4.74 Å². The minimum atomic E-state index is 0.400. The molecule has 0 aliphatic rings. The van der Waals surface area contributed by atoms with Crippen molar-refractivity contribution in [2.24, 2.45) is 7.05 Å². The quantitative estimate of drug-likeness (QED) is 0.868. The Morgan fingerprint density at radius 1 is 1.44 bits per heavy atom. The molecule has 0 aliphatic heterocycles. The molecule has 16 heavy (non-hydrogen) atoms. The molecule has 0 unspecified atom stereocenters. The lowest BCUT2D eigenvalue weighted by Gasteiger charge is -2.07. The van der Waals surface area contributed by atoms with Crippen molar-refractivity contribution in [2.45, 2.75) is 6.61 Å². The third kappa shape index (κ3) is 2.57. The Labute approximate surface area is 107 Å². The molecule has 5 heteroatoms. The maximum atomic E-state index is 6.07. The van der Waals surface area contributed by atoms with Gasteiger partial charge in [0.1, 0.15) is 6.61 Å². The summed E-state index contributed by atoms with van der Waals surface area (Å²) in [6, 6.07) is 7.47. The standard InChI is InChI=1S/C11H10BrClN2O/c1-15-6-5-11(14-15)16-7-8-9(12)3-2-4-10(8)13/h2-6H,7H2,1H3. The van der Waals surface area contributed by atoms with E-state index in [2.05, 4.69) is 21.0 Å². The summed E-state index contributed by atoms with van der Waals surface area (Å²) in [5, 5.41) is 4.81. The van der Waals surface area contributed by atoms with Crippen LogP contribution in [-0.4, -0.2) is 9.78 Å². The second-order valence-electron chi connectivity index (χ2n) is 3.32. The number of hydrogen-bond donors (Lipinski definition) is 0. The zero-order valence-corrected chi connectivity index (χ0v) is 11.0. The maximum Gasteiger partial charge on any atom is 0.233 e. The summed E-state index contributed by atoms with van der Waals surface area (Å²) < 4.78 is 8.16. The van der Waals surface area contributed by atoms with Gasteiger partial charge in [0.15, 0.2) is 0 Å². The highest BCUT2D eigenvalue weighted by atomic mass is 79.9. The van der Waals surface area contributed by atoms with Crippen molar-refractivity contribution in [2.75, 3.05) is 0 Å². The van der Waals surface area contributed by atoms with Crippen molar-refractivity contribution in [1.29, 1.82) is 0 Å². The van der Waals surface area contributed by atoms with Crippen molar-refractivity contribution in [3.63, 3.8) is 0 Å². The van der Waals surface area contributed by atoms with Gasteiger partial charge in [0.2, 0.25) is 5.88 Å². The number of nitrogens with zero attached hydrogens (tertiary/aromatic N) is 2. The highest BCUT2D eigenvalue weighted by Crippen LogP contribution is 2.25. The molecule has 0 fully saturated rings. The molecule has 3 nitrogen and oxygen atoms in total. The molecule has 0 bridgehead atoms. The minimum Gasteiger partial charge on any atom is -0.472 e. The summed E-state index contributed by atoms with van der Waals surface area (Å²) in [7, 11) is 1.85. The number of hydrogen-bond acceptors (Lipinski definition) is 2. The first kappa shape index (κ1) is 11.5. The van der Waals surface area contributed by atoms with E-state index in [1.54, 1.807) is 4.68 Å². The molecule has 1 aromatic heterocycles. The molecule has 0 saturated heterocycles. The van der Waals surface area contributed by atoms with E-state index in [0.717, 1.165) is 10.0 Å². The van der Waals surface area contributed by atoms with Gasteiger partial charge in [0.05, 0.1) is 0 Å². The van der Waals surface area contributed by atoms with Crippen molar-refractivity contribution >= 4 is 27.5 Å². The van der Waals surface area contributed by atoms with Crippen molar-refractivity contribution in [1.82, 2.24) is 9.78 Å². The fraction of sp³-hybridized carbons (Fsp3) is 0.182. The largest absolute Gasteiger partial charge is 0.472 e. The average molecular weight is 302 g/mol. The molecule has 2 aromatic rings. The summed E-state index contributed by atoms with van der Waals surface area (Å²) in [4.78, 5) is 0. The van der Waals surface area contributed by atoms with Gasteiger partial charge in [-0.25, -0.2) is 0 Å². The number of rotatable bonds is 3. The first-order valence-corrected chi connectivity index (χ1v) is 5.89. The number of aromatic nitrogens is 2. The second-order valence-corrected chi connectivity index (χ2v) is 4.58. The van der Waals surface area contributed by atoms with Crippen LogP contribution < -0.4 is 4.74 Å². The number of halogens is 2. The summed E-state index contributed by atoms with van der Waals surface area (Å²) in [6.07, 6.45) is 1.83. The van der Waals surface area contributed by atoms with Crippen molar-refractivity contribution in [3.8, 4) is 5.88 Å². The van der Waals surface area contributed by atoms with E-state index in [-0.39, 0.29) is 0 Å². The molecule has 0 saturated carbocycles. The van der Waals surface area contributed by atoms with E-state index in [1.807, 2.05) is 37.5 Å². The first-order valence-electron chi connectivity index (χ1n) is 4.72. The van der Waals surface area contributed by atoms with Crippen LogP contribution in [0.5, 0.6) is 5.88 Å². The number of ether oxygens (including phenoxy) is 1. The van der Waals surface area contributed by atoms with Crippen molar-refractivity contribution in [3.05, 3.63) is 45.5 Å². The Hall–Kier alpha value is -1.000. The highest BCUT2D eigenvalue weighted by Gasteiger charge is 2.06.